The van der Waals surface area contributed by atoms with E-state index in [0.29, 0.717) is 22.2 Å². The molecular weight excluding hydrogens is 378 g/mol. The molecule has 0 saturated carbocycles. The summed E-state index contributed by atoms with van der Waals surface area (Å²) in [4.78, 5) is 23.6. The van der Waals surface area contributed by atoms with Crippen molar-refractivity contribution in [2.75, 3.05) is 12.4 Å². The van der Waals surface area contributed by atoms with Crippen molar-refractivity contribution < 1.29 is 14.3 Å². The highest BCUT2D eigenvalue weighted by Gasteiger charge is 2.19. The van der Waals surface area contributed by atoms with Crippen molar-refractivity contribution in [2.45, 2.75) is 17.3 Å². The van der Waals surface area contributed by atoms with Crippen LogP contribution in [0.2, 0.25) is 0 Å². The zero-order chi connectivity index (χ0) is 20.1. The van der Waals surface area contributed by atoms with Crippen molar-refractivity contribution in [3.05, 3.63) is 60.4 Å². The van der Waals surface area contributed by atoms with Crippen LogP contribution in [0.5, 0.6) is 5.75 Å². The average Bonchev–Trinajstić information content (AvgIpc) is 3.16. The summed E-state index contributed by atoms with van der Waals surface area (Å²) in [5.74, 6) is 0.00282. The number of carbonyl (C=O) groups excluding carboxylic acids is 2. The number of anilines is 1. The maximum atomic E-state index is 12.5. The first-order chi connectivity index (χ1) is 13.5. The minimum Gasteiger partial charge on any atom is -0.497 e. The Hall–Kier alpha value is -3.33. The minimum atomic E-state index is -0.515. The zero-order valence-corrected chi connectivity index (χ0v) is 16.1. The molecule has 1 aromatic heterocycles. The van der Waals surface area contributed by atoms with E-state index >= 15 is 0 Å². The molecule has 2 aromatic carbocycles. The van der Waals surface area contributed by atoms with Crippen LogP contribution < -0.4 is 15.8 Å². The number of aromatic nitrogens is 3. The van der Waals surface area contributed by atoms with Gasteiger partial charge in [0.15, 0.2) is 5.16 Å². The second-order valence-electron chi connectivity index (χ2n) is 5.88. The summed E-state index contributed by atoms with van der Waals surface area (Å²) in [6, 6.07) is 13.9. The SMILES string of the molecule is COc1cccc(-n2cnnc2S[C@@H](C)C(=O)Nc2ccc(C(N)=O)cc2)c1. The third kappa shape index (κ3) is 4.49. The van der Waals surface area contributed by atoms with Gasteiger partial charge in [0.25, 0.3) is 0 Å². The van der Waals surface area contributed by atoms with Crippen LogP contribution in [0.3, 0.4) is 0 Å². The van der Waals surface area contributed by atoms with Gasteiger partial charge in [0.05, 0.1) is 18.0 Å². The number of nitrogens with zero attached hydrogens (tertiary/aromatic N) is 3. The number of carbonyl (C=O) groups is 2. The number of hydrogen-bond acceptors (Lipinski definition) is 6. The van der Waals surface area contributed by atoms with E-state index in [9.17, 15) is 9.59 Å². The fraction of sp³-hybridized carbons (Fsp3) is 0.158. The molecule has 3 N–H and O–H groups in total. The summed E-state index contributed by atoms with van der Waals surface area (Å²) in [7, 11) is 1.60. The third-order valence-electron chi connectivity index (χ3n) is 3.94. The van der Waals surface area contributed by atoms with E-state index in [2.05, 4.69) is 15.5 Å². The number of thioether (sulfide) groups is 1. The Morgan fingerprint density at radius 1 is 1.21 bits per heavy atom. The van der Waals surface area contributed by atoms with E-state index in [0.717, 1.165) is 5.69 Å². The van der Waals surface area contributed by atoms with Crippen LogP contribution in [0, 0.1) is 0 Å². The summed E-state index contributed by atoms with van der Waals surface area (Å²) >= 11 is 1.28. The standard InChI is InChI=1S/C19H19N5O3S/c1-12(18(26)22-14-8-6-13(7-9-14)17(20)25)28-19-23-21-11-24(19)15-4-3-5-16(10-15)27-2/h3-12H,1-2H3,(H2,20,25)(H,22,26)/t12-/m0/s1. The van der Waals surface area contributed by atoms with Gasteiger partial charge in [0.2, 0.25) is 11.8 Å². The van der Waals surface area contributed by atoms with E-state index in [4.69, 9.17) is 10.5 Å². The summed E-state index contributed by atoms with van der Waals surface area (Å²) < 4.78 is 7.04. The maximum absolute atomic E-state index is 12.5. The molecule has 0 saturated heterocycles. The summed E-state index contributed by atoms with van der Waals surface area (Å²) in [5.41, 5.74) is 7.01. The number of primary amides is 1. The lowest BCUT2D eigenvalue weighted by atomic mass is 10.2. The lowest BCUT2D eigenvalue weighted by Crippen LogP contribution is -2.23. The molecule has 0 radical (unpaired) electrons. The van der Waals surface area contributed by atoms with Crippen molar-refractivity contribution >= 4 is 29.3 Å². The molecule has 0 aliphatic heterocycles. The summed E-state index contributed by atoms with van der Waals surface area (Å²) in [6.07, 6.45) is 1.59. The fourth-order valence-electron chi connectivity index (χ4n) is 2.42. The van der Waals surface area contributed by atoms with Crippen molar-refractivity contribution in [1.29, 1.82) is 0 Å². The lowest BCUT2D eigenvalue weighted by molar-refractivity contribution is -0.115. The first-order valence-corrected chi connectivity index (χ1v) is 9.27. The maximum Gasteiger partial charge on any atom is 0.248 e. The number of nitrogens with two attached hydrogens (primary N) is 1. The Labute approximate surface area is 166 Å². The first kappa shape index (κ1) is 19.4. The van der Waals surface area contributed by atoms with Gasteiger partial charge in [0, 0.05) is 17.3 Å². The van der Waals surface area contributed by atoms with E-state index in [1.54, 1.807) is 49.2 Å². The topological polar surface area (TPSA) is 112 Å². The van der Waals surface area contributed by atoms with E-state index in [1.807, 2.05) is 24.3 Å². The number of rotatable bonds is 7. The Morgan fingerprint density at radius 3 is 2.64 bits per heavy atom. The van der Waals surface area contributed by atoms with Gasteiger partial charge >= 0.3 is 0 Å². The monoisotopic (exact) mass is 397 g/mol. The van der Waals surface area contributed by atoms with Crippen LogP contribution in [-0.2, 0) is 4.79 Å². The molecule has 0 bridgehead atoms. The van der Waals surface area contributed by atoms with Crippen molar-refractivity contribution in [1.82, 2.24) is 14.8 Å². The summed E-state index contributed by atoms with van der Waals surface area (Å²) in [5, 5.41) is 11.0. The molecule has 8 nitrogen and oxygen atoms in total. The zero-order valence-electron chi connectivity index (χ0n) is 15.3. The van der Waals surface area contributed by atoms with E-state index < -0.39 is 11.2 Å². The number of benzene rings is 2. The highest BCUT2D eigenvalue weighted by molar-refractivity contribution is 8.00. The number of nitrogens with one attached hydrogen (secondary N) is 1. The van der Waals surface area contributed by atoms with Crippen molar-refractivity contribution in [2.24, 2.45) is 5.73 Å². The van der Waals surface area contributed by atoms with Crippen LogP contribution in [0.25, 0.3) is 5.69 Å². The number of ether oxygens (including phenoxy) is 1. The fourth-order valence-corrected chi connectivity index (χ4v) is 3.26. The van der Waals surface area contributed by atoms with Crippen molar-refractivity contribution in [3.63, 3.8) is 0 Å². The third-order valence-corrected chi connectivity index (χ3v) is 4.99. The molecule has 28 heavy (non-hydrogen) atoms. The van der Waals surface area contributed by atoms with Gasteiger partial charge < -0.3 is 15.8 Å². The lowest BCUT2D eigenvalue weighted by Gasteiger charge is -2.13. The highest BCUT2D eigenvalue weighted by Crippen LogP contribution is 2.26. The molecule has 9 heteroatoms. The van der Waals surface area contributed by atoms with Crippen LogP contribution in [0.15, 0.2) is 60.0 Å². The van der Waals surface area contributed by atoms with E-state index in [-0.39, 0.29) is 5.91 Å². The molecule has 0 aliphatic rings. The molecule has 2 amide bonds. The average molecular weight is 397 g/mol. The second-order valence-corrected chi connectivity index (χ2v) is 7.18. The summed E-state index contributed by atoms with van der Waals surface area (Å²) in [6.45, 7) is 1.78. The van der Waals surface area contributed by atoms with Gasteiger partial charge in [-0.25, -0.2) is 0 Å². The first-order valence-electron chi connectivity index (χ1n) is 8.40. The van der Waals surface area contributed by atoms with Crippen LogP contribution in [0.1, 0.15) is 17.3 Å². The molecule has 1 atom stereocenters. The van der Waals surface area contributed by atoms with E-state index in [1.165, 1.54) is 11.8 Å². The quantitative estimate of drug-likeness (QED) is 0.593. The normalized spacial score (nSPS) is 11.6. The Kier molecular flexibility index (Phi) is 5.95. The molecule has 0 aliphatic carbocycles. The highest BCUT2D eigenvalue weighted by atomic mass is 32.2. The molecule has 0 fully saturated rings. The largest absolute Gasteiger partial charge is 0.497 e. The molecule has 3 aromatic rings. The van der Waals surface area contributed by atoms with Gasteiger partial charge in [-0.3, -0.25) is 14.2 Å². The molecule has 1 heterocycles. The number of methoxy groups -OCH3 is 1. The van der Waals surface area contributed by atoms with Gasteiger partial charge in [-0.2, -0.15) is 0 Å². The van der Waals surface area contributed by atoms with Crippen LogP contribution >= 0.6 is 11.8 Å². The van der Waals surface area contributed by atoms with Gasteiger partial charge in [-0.05, 0) is 43.3 Å². The number of amides is 2. The molecular formula is C19H19N5O3S. The minimum absolute atomic E-state index is 0.197. The predicted octanol–water partition coefficient (Wildman–Crippen LogP) is 2.49. The molecule has 0 spiro atoms. The van der Waals surface area contributed by atoms with Gasteiger partial charge in [0.1, 0.15) is 12.1 Å². The smallest absolute Gasteiger partial charge is 0.248 e. The van der Waals surface area contributed by atoms with Crippen molar-refractivity contribution in [3.8, 4) is 11.4 Å². The Bertz CT molecular complexity index is 987. The molecule has 0 unspecified atom stereocenters. The molecule has 144 valence electrons. The Balaban J connectivity index is 1.69. The number of hydrogen-bond donors (Lipinski definition) is 2. The van der Waals surface area contributed by atoms with Gasteiger partial charge in [-0.15, -0.1) is 10.2 Å². The Morgan fingerprint density at radius 2 is 1.96 bits per heavy atom. The van der Waals surface area contributed by atoms with Crippen LogP contribution in [0.4, 0.5) is 5.69 Å². The molecule has 3 rings (SSSR count). The predicted molar refractivity (Wildman–Crippen MR) is 107 cm³/mol. The second kappa shape index (κ2) is 8.57. The van der Waals surface area contributed by atoms with Gasteiger partial charge in [-0.1, -0.05) is 17.8 Å². The van der Waals surface area contributed by atoms with Crippen LogP contribution in [-0.4, -0.2) is 38.9 Å².